The minimum Gasteiger partial charge on any atom is -0.355 e. The normalized spacial score (nSPS) is 16.6. The molecule has 1 aliphatic rings. The molecule has 0 radical (unpaired) electrons. The maximum Gasteiger partial charge on any atom is 0.191 e. The van der Waals surface area contributed by atoms with Crippen LogP contribution >= 0.6 is 11.6 Å². The summed E-state index contributed by atoms with van der Waals surface area (Å²) in [5.74, 6) is 0.354. The van der Waals surface area contributed by atoms with Crippen LogP contribution < -0.4 is 10.6 Å². The van der Waals surface area contributed by atoms with E-state index in [1.807, 2.05) is 0 Å². The molecule has 2 rings (SSSR count). The van der Waals surface area contributed by atoms with Gasteiger partial charge in [-0.25, -0.2) is 4.39 Å². The lowest BCUT2D eigenvalue weighted by Crippen LogP contribution is -2.42. The zero-order valence-electron chi connectivity index (χ0n) is 13.0. The maximum atomic E-state index is 13.1. The van der Waals surface area contributed by atoms with Crippen molar-refractivity contribution in [2.75, 3.05) is 33.2 Å². The van der Waals surface area contributed by atoms with Crippen molar-refractivity contribution in [1.82, 2.24) is 15.5 Å². The minimum absolute atomic E-state index is 0.146. The number of guanidine groups is 1. The first kappa shape index (κ1) is 17.0. The van der Waals surface area contributed by atoms with Crippen LogP contribution in [0.15, 0.2) is 23.2 Å². The Morgan fingerprint density at radius 2 is 2.05 bits per heavy atom. The number of halogens is 2. The van der Waals surface area contributed by atoms with Crippen LogP contribution in [-0.4, -0.2) is 44.1 Å². The molecule has 0 aliphatic carbocycles. The van der Waals surface area contributed by atoms with Crippen molar-refractivity contribution in [2.24, 2.45) is 4.99 Å². The highest BCUT2D eigenvalue weighted by Crippen LogP contribution is 2.15. The highest BCUT2D eigenvalue weighted by molar-refractivity contribution is 6.30. The molecule has 1 aromatic rings. The second-order valence-electron chi connectivity index (χ2n) is 5.50. The van der Waals surface area contributed by atoms with Crippen LogP contribution in [0.2, 0.25) is 5.02 Å². The highest BCUT2D eigenvalue weighted by Gasteiger charge is 2.09. The molecule has 1 fully saturated rings. The summed E-state index contributed by atoms with van der Waals surface area (Å²) < 4.78 is 13.1. The number of hydrogen-bond acceptors (Lipinski definition) is 2. The monoisotopic (exact) mass is 326 g/mol. The molecule has 122 valence electrons. The van der Waals surface area contributed by atoms with Crippen LogP contribution in [0.1, 0.15) is 24.8 Å². The zero-order chi connectivity index (χ0) is 15.8. The van der Waals surface area contributed by atoms with E-state index in [2.05, 4.69) is 20.5 Å². The second-order valence-corrected chi connectivity index (χ2v) is 5.91. The van der Waals surface area contributed by atoms with Crippen LogP contribution in [0.25, 0.3) is 0 Å². The molecule has 0 spiro atoms. The van der Waals surface area contributed by atoms with E-state index in [0.29, 0.717) is 6.54 Å². The van der Waals surface area contributed by atoms with Gasteiger partial charge in [0.15, 0.2) is 5.96 Å². The fourth-order valence-electron chi connectivity index (χ4n) is 2.57. The van der Waals surface area contributed by atoms with Crippen LogP contribution in [0.4, 0.5) is 4.39 Å². The van der Waals surface area contributed by atoms with Gasteiger partial charge in [0.05, 0.1) is 5.02 Å². The lowest BCUT2D eigenvalue weighted by molar-refractivity contribution is 0.232. The number of likely N-dealkylation sites (tertiary alicyclic amines) is 1. The molecule has 0 amide bonds. The molecule has 1 aliphatic heterocycles. The van der Waals surface area contributed by atoms with Gasteiger partial charge in [0.2, 0.25) is 0 Å². The average Bonchev–Trinajstić information content (AvgIpc) is 2.55. The molecule has 1 saturated heterocycles. The van der Waals surface area contributed by atoms with Gasteiger partial charge in [0.25, 0.3) is 0 Å². The number of piperidine rings is 1. The lowest BCUT2D eigenvalue weighted by atomic mass is 10.1. The Balaban J connectivity index is 1.71. The predicted molar refractivity (Wildman–Crippen MR) is 89.9 cm³/mol. The fraction of sp³-hybridized carbons (Fsp3) is 0.562. The van der Waals surface area contributed by atoms with E-state index in [4.69, 9.17) is 11.6 Å². The third kappa shape index (κ3) is 5.46. The van der Waals surface area contributed by atoms with Gasteiger partial charge < -0.3 is 15.5 Å². The van der Waals surface area contributed by atoms with Gasteiger partial charge >= 0.3 is 0 Å². The molecule has 1 heterocycles. The smallest absolute Gasteiger partial charge is 0.191 e. The first-order valence-electron chi connectivity index (χ1n) is 7.80. The molecule has 2 N–H and O–H groups in total. The number of aliphatic imine (C=N–C) groups is 1. The van der Waals surface area contributed by atoms with E-state index >= 15 is 0 Å². The van der Waals surface area contributed by atoms with Crippen molar-refractivity contribution in [2.45, 2.75) is 25.8 Å². The summed E-state index contributed by atoms with van der Waals surface area (Å²) in [5, 5.41) is 6.66. The summed E-state index contributed by atoms with van der Waals surface area (Å²) >= 11 is 5.78. The van der Waals surface area contributed by atoms with Crippen molar-refractivity contribution in [3.63, 3.8) is 0 Å². The number of nitrogens with zero attached hydrogens (tertiary/aromatic N) is 2. The van der Waals surface area contributed by atoms with Crippen molar-refractivity contribution >= 4 is 17.6 Å². The third-order valence-electron chi connectivity index (χ3n) is 3.84. The van der Waals surface area contributed by atoms with Gasteiger partial charge in [0.1, 0.15) is 5.82 Å². The van der Waals surface area contributed by atoms with E-state index in [0.717, 1.165) is 24.6 Å². The molecule has 0 atom stereocenters. The molecule has 22 heavy (non-hydrogen) atoms. The molecular weight excluding hydrogens is 303 g/mol. The van der Waals surface area contributed by atoms with Crippen molar-refractivity contribution in [3.05, 3.63) is 34.6 Å². The van der Waals surface area contributed by atoms with Crippen LogP contribution in [0.5, 0.6) is 0 Å². The fourth-order valence-corrected chi connectivity index (χ4v) is 2.77. The van der Waals surface area contributed by atoms with E-state index in [1.54, 1.807) is 19.2 Å². The van der Waals surface area contributed by atoms with Crippen LogP contribution in [0, 0.1) is 5.82 Å². The minimum atomic E-state index is -0.394. The van der Waals surface area contributed by atoms with Gasteiger partial charge in [-0.15, -0.1) is 0 Å². The summed E-state index contributed by atoms with van der Waals surface area (Å²) in [6.07, 6.45) is 3.96. The van der Waals surface area contributed by atoms with Crippen molar-refractivity contribution in [3.8, 4) is 0 Å². The molecule has 0 unspecified atom stereocenters. The highest BCUT2D eigenvalue weighted by atomic mass is 35.5. The lowest BCUT2D eigenvalue weighted by Gasteiger charge is -2.26. The molecule has 0 aromatic heterocycles. The standard InChI is InChI=1S/C16H24ClFN4/c1-19-16(20-7-10-22-8-3-2-4-9-22)21-12-13-5-6-15(18)14(17)11-13/h5-6,11H,2-4,7-10,12H2,1H3,(H2,19,20,21). The van der Waals surface area contributed by atoms with Gasteiger partial charge in [-0.05, 0) is 43.6 Å². The Morgan fingerprint density at radius 1 is 1.27 bits per heavy atom. The summed E-state index contributed by atoms with van der Waals surface area (Å²) in [6.45, 7) is 4.85. The third-order valence-corrected chi connectivity index (χ3v) is 4.13. The predicted octanol–water partition coefficient (Wildman–Crippen LogP) is 2.63. The maximum absolute atomic E-state index is 13.1. The largest absolute Gasteiger partial charge is 0.355 e. The SMILES string of the molecule is CN=C(NCCN1CCCCC1)NCc1ccc(F)c(Cl)c1. The first-order valence-corrected chi connectivity index (χ1v) is 8.17. The number of rotatable bonds is 5. The van der Waals surface area contributed by atoms with Crippen molar-refractivity contribution < 1.29 is 4.39 Å². The summed E-state index contributed by atoms with van der Waals surface area (Å²) in [6, 6.07) is 4.73. The summed E-state index contributed by atoms with van der Waals surface area (Å²) in [5.41, 5.74) is 0.922. The Labute approximate surface area is 136 Å². The molecule has 1 aromatic carbocycles. The number of benzene rings is 1. The molecular formula is C16H24ClFN4. The first-order chi connectivity index (χ1) is 10.7. The van der Waals surface area contributed by atoms with E-state index in [1.165, 1.54) is 38.4 Å². The second kappa shape index (κ2) is 8.96. The van der Waals surface area contributed by atoms with Gasteiger partial charge in [-0.1, -0.05) is 24.1 Å². The zero-order valence-corrected chi connectivity index (χ0v) is 13.8. The molecule has 0 saturated carbocycles. The molecule has 6 heteroatoms. The number of hydrogen-bond donors (Lipinski definition) is 2. The Hall–Kier alpha value is -1.33. The quantitative estimate of drug-likeness (QED) is 0.645. The topological polar surface area (TPSA) is 39.7 Å². The number of nitrogens with one attached hydrogen (secondary N) is 2. The molecule has 4 nitrogen and oxygen atoms in total. The Kier molecular flexibility index (Phi) is 6.93. The van der Waals surface area contributed by atoms with E-state index < -0.39 is 5.82 Å². The Morgan fingerprint density at radius 3 is 2.73 bits per heavy atom. The summed E-state index contributed by atoms with van der Waals surface area (Å²) in [7, 11) is 1.74. The molecule has 0 bridgehead atoms. The van der Waals surface area contributed by atoms with Crippen molar-refractivity contribution in [1.29, 1.82) is 0 Å². The van der Waals surface area contributed by atoms with Crippen LogP contribution in [-0.2, 0) is 6.54 Å². The average molecular weight is 327 g/mol. The van der Waals surface area contributed by atoms with Gasteiger partial charge in [-0.2, -0.15) is 0 Å². The Bertz CT molecular complexity index is 501. The van der Waals surface area contributed by atoms with Gasteiger partial charge in [-0.3, -0.25) is 4.99 Å². The van der Waals surface area contributed by atoms with E-state index in [-0.39, 0.29) is 5.02 Å². The van der Waals surface area contributed by atoms with E-state index in [9.17, 15) is 4.39 Å². The van der Waals surface area contributed by atoms with Crippen LogP contribution in [0.3, 0.4) is 0 Å². The summed E-state index contributed by atoms with van der Waals surface area (Å²) in [4.78, 5) is 6.67. The van der Waals surface area contributed by atoms with Gasteiger partial charge in [0, 0.05) is 26.7 Å².